The van der Waals surface area contributed by atoms with E-state index in [0.717, 1.165) is 11.4 Å². The zero-order valence-electron chi connectivity index (χ0n) is 35.1. The van der Waals surface area contributed by atoms with Crippen molar-refractivity contribution in [1.29, 1.82) is 0 Å². The molecule has 7 aromatic carbocycles. The van der Waals surface area contributed by atoms with Crippen LogP contribution in [-0.2, 0) is 61.6 Å². The third-order valence-corrected chi connectivity index (χ3v) is 14.7. The Balaban J connectivity index is 0.000000180. The topological polar surface area (TPSA) is 50.5 Å². The molecule has 9 rings (SSSR count). The molecule has 0 fully saturated rings. The van der Waals surface area contributed by atoms with Crippen LogP contribution >= 0.6 is 34.9 Å². The van der Waals surface area contributed by atoms with Crippen molar-refractivity contribution in [3.63, 3.8) is 0 Å². The van der Waals surface area contributed by atoms with E-state index in [2.05, 4.69) is 257 Å². The summed E-state index contributed by atoms with van der Waals surface area (Å²) in [7, 11) is 8.09. The molecule has 0 amide bonds. The Morgan fingerprint density at radius 1 is 0.318 bits per heavy atom. The van der Waals surface area contributed by atoms with E-state index >= 15 is 0 Å². The molecule has 0 atom stereocenters. The van der Waals surface area contributed by atoms with Crippen LogP contribution in [0.5, 0.6) is 0 Å². The molecule has 0 aliphatic heterocycles. The van der Waals surface area contributed by atoms with E-state index in [1.54, 1.807) is 12.4 Å². The van der Waals surface area contributed by atoms with E-state index in [1.807, 2.05) is 60.7 Å². The molecule has 0 N–H and O–H groups in total. The van der Waals surface area contributed by atoms with Gasteiger partial charge in [0, 0.05) is 12.4 Å². The fourth-order valence-corrected chi connectivity index (χ4v) is 11.3. The maximum Gasteiger partial charge on any atom is 0.0618 e. The van der Waals surface area contributed by atoms with Gasteiger partial charge in [-0.2, -0.15) is 0 Å². The molecule has 4 nitrogen and oxygen atoms in total. The second-order valence-electron chi connectivity index (χ2n) is 13.5. The molecular formula is C54H42Cl2N4P2Pd2S2. The van der Waals surface area contributed by atoms with Gasteiger partial charge < -0.3 is 25.3 Å². The summed E-state index contributed by atoms with van der Waals surface area (Å²) in [6.07, 6.45) is 3.38. The zero-order chi connectivity index (χ0) is 46.6. The molecule has 0 unspecified atom stereocenters. The monoisotopic (exact) mass is 1150 g/mol. The van der Waals surface area contributed by atoms with Gasteiger partial charge in [-0.3, -0.25) is 20.0 Å². The van der Waals surface area contributed by atoms with Gasteiger partial charge in [-0.15, -0.1) is 0 Å². The summed E-state index contributed by atoms with van der Waals surface area (Å²) in [5.74, 6) is 0. The molecule has 0 bridgehead atoms. The first kappa shape index (κ1) is 52.4. The first-order chi connectivity index (χ1) is 32.6. The van der Waals surface area contributed by atoms with Gasteiger partial charge >= 0.3 is 55.4 Å². The van der Waals surface area contributed by atoms with Crippen LogP contribution < -0.4 is 31.8 Å². The molecule has 2 heterocycles. The molecule has 0 aliphatic carbocycles. The predicted octanol–water partition coefficient (Wildman–Crippen LogP) is 12.0. The quantitative estimate of drug-likeness (QED) is 0.0450. The predicted molar refractivity (Wildman–Crippen MR) is 284 cm³/mol. The summed E-state index contributed by atoms with van der Waals surface area (Å²) in [5, 5.41) is 9.29. The number of pyridine rings is 2. The number of aliphatic imine (C=N–C) groups is 2. The van der Waals surface area contributed by atoms with E-state index in [-0.39, 0.29) is 0 Å². The van der Waals surface area contributed by atoms with Crippen molar-refractivity contribution in [1.82, 2.24) is 9.97 Å². The molecule has 0 saturated carbocycles. The summed E-state index contributed by atoms with van der Waals surface area (Å²) in [6, 6.07) is 83.1. The van der Waals surface area contributed by atoms with Crippen molar-refractivity contribution in [3.05, 3.63) is 266 Å². The number of benzene rings is 7. The van der Waals surface area contributed by atoms with Crippen LogP contribution in [-0.4, -0.2) is 20.1 Å². The van der Waals surface area contributed by atoms with E-state index in [9.17, 15) is 0 Å². The van der Waals surface area contributed by atoms with Crippen molar-refractivity contribution in [3.8, 4) is 0 Å². The summed E-state index contributed by atoms with van der Waals surface area (Å²) < 4.78 is 0. The maximum atomic E-state index is 5.29. The first-order valence-corrected chi connectivity index (χ1v) is 27.7. The van der Waals surface area contributed by atoms with Gasteiger partial charge in [-0.1, -0.05) is 204 Å². The van der Waals surface area contributed by atoms with Crippen molar-refractivity contribution in [2.45, 2.75) is 0 Å². The molecular weight excluding hydrogens is 1110 g/mol. The van der Waals surface area contributed by atoms with Crippen LogP contribution in [0.25, 0.3) is 0 Å². The van der Waals surface area contributed by atoms with Gasteiger partial charge in [-0.25, -0.2) is 0 Å². The molecule has 334 valence electrons. The summed E-state index contributed by atoms with van der Waals surface area (Å²) in [6.45, 7) is 0. The number of halogens is 2. The van der Waals surface area contributed by atoms with E-state index < -0.39 is 15.8 Å². The number of aromatic nitrogens is 2. The first-order valence-electron chi connectivity index (χ1n) is 20.2. The summed E-state index contributed by atoms with van der Waals surface area (Å²) in [4.78, 5) is 17.2. The van der Waals surface area contributed by atoms with Crippen molar-refractivity contribution < 1.29 is 36.4 Å². The minimum absolute atomic E-state index is 0.446. The second-order valence-corrected chi connectivity index (χ2v) is 18.7. The average molecular weight is 1160 g/mol. The fourth-order valence-electron chi connectivity index (χ4n) is 6.29. The molecule has 0 spiro atoms. The second kappa shape index (κ2) is 30.6. The SMILES string of the molecule is [Cl][Pd+].[Cl][Pd+].[S-]C(=Nc1ccc(N=C([S-])c2ccccn2)cc1)c1ccccn1.c1ccc(P(c2ccccc2)c2ccccc2)cc1.c1ccc(P(c2ccccc2)c2ccccc2)cc1. The Morgan fingerprint density at radius 3 is 0.727 bits per heavy atom. The van der Waals surface area contributed by atoms with Crippen LogP contribution in [0.2, 0.25) is 0 Å². The minimum atomic E-state index is -0.446. The van der Waals surface area contributed by atoms with Crippen molar-refractivity contribution in [2.75, 3.05) is 0 Å². The zero-order valence-corrected chi connectivity index (χ0v) is 43.2. The maximum absolute atomic E-state index is 5.29. The third kappa shape index (κ3) is 16.9. The smallest absolute Gasteiger partial charge is 0.0618 e. The normalized spacial score (nSPS) is 10.7. The number of hydrogen-bond donors (Lipinski definition) is 0. The largest absolute Gasteiger partial charge is 0.758 e. The van der Waals surface area contributed by atoms with E-state index in [1.165, 1.54) is 31.8 Å². The minimum Gasteiger partial charge on any atom is -0.758 e. The molecule has 2 aromatic heterocycles. The molecule has 0 saturated heterocycles. The van der Waals surface area contributed by atoms with Gasteiger partial charge in [-0.05, 0) is 96.2 Å². The van der Waals surface area contributed by atoms with Crippen LogP contribution in [0.1, 0.15) is 11.4 Å². The molecule has 66 heavy (non-hydrogen) atoms. The van der Waals surface area contributed by atoms with Crippen molar-refractivity contribution >= 4 is 113 Å². The Kier molecular flexibility index (Phi) is 24.3. The van der Waals surface area contributed by atoms with Crippen LogP contribution in [0.15, 0.2) is 265 Å². The summed E-state index contributed by atoms with van der Waals surface area (Å²) in [5.41, 5.74) is 2.84. The number of hydrogen-bond acceptors (Lipinski definition) is 6. The third-order valence-electron chi connectivity index (χ3n) is 9.17. The number of rotatable bonds is 10. The van der Waals surface area contributed by atoms with Gasteiger partial charge in [0.05, 0.1) is 22.8 Å². The van der Waals surface area contributed by atoms with Gasteiger partial charge in [0.25, 0.3) is 0 Å². The molecule has 0 aliphatic rings. The van der Waals surface area contributed by atoms with Gasteiger partial charge in [0.1, 0.15) is 0 Å². The Bertz CT molecular complexity index is 2360. The van der Waals surface area contributed by atoms with Crippen LogP contribution in [0.4, 0.5) is 11.4 Å². The van der Waals surface area contributed by atoms with E-state index in [4.69, 9.17) is 25.3 Å². The van der Waals surface area contributed by atoms with Crippen LogP contribution in [0, 0.1) is 0 Å². The standard InChI is InChI=1S/C18H14N4S2.2C18H15P.2ClH.2Pd/c23-17(15-5-1-3-11-19-15)21-13-7-9-14(10-8-13)22-18(24)16-6-2-4-12-20-16;2*1-4-10-16(11-5-1)19(17-12-6-2-7-13-17)18-14-8-3-9-15-18;;;;/h1-12H,(H,21,23)(H,22,24);2*1-15H;2*1H;;/q;;;;;2*+2/p-4. The Hall–Kier alpha value is -4.62. The van der Waals surface area contributed by atoms with Gasteiger partial charge in [0.2, 0.25) is 0 Å². The Labute approximate surface area is 432 Å². The molecule has 9 aromatic rings. The van der Waals surface area contributed by atoms with Crippen LogP contribution in [0.3, 0.4) is 0 Å². The summed E-state index contributed by atoms with van der Waals surface area (Å²) >= 11 is 15.0. The number of nitrogens with zero attached hydrogens (tertiary/aromatic N) is 4. The van der Waals surface area contributed by atoms with Crippen molar-refractivity contribution in [2.24, 2.45) is 9.98 Å². The molecule has 12 heteroatoms. The Morgan fingerprint density at radius 2 is 0.530 bits per heavy atom. The molecule has 0 radical (unpaired) electrons. The average Bonchev–Trinajstić information content (AvgIpc) is 3.41. The van der Waals surface area contributed by atoms with E-state index in [0.29, 0.717) is 21.5 Å². The fraction of sp³-hybridized carbons (Fsp3) is 0. The van der Waals surface area contributed by atoms with Gasteiger partial charge in [0.15, 0.2) is 0 Å².